The summed E-state index contributed by atoms with van der Waals surface area (Å²) in [5.41, 5.74) is -0.594. The molecule has 2 aromatic carbocycles. The summed E-state index contributed by atoms with van der Waals surface area (Å²) < 4.78 is 46.7. The fourth-order valence-corrected chi connectivity index (χ4v) is 5.73. The molecule has 0 aromatic heterocycles. The van der Waals surface area contributed by atoms with Crippen LogP contribution in [-0.2, 0) is 14.8 Å². The number of carbonyl (C=O) groups is 2. The van der Waals surface area contributed by atoms with Crippen LogP contribution in [0.4, 0.5) is 10.1 Å². The zero-order chi connectivity index (χ0) is 27.9. The van der Waals surface area contributed by atoms with Gasteiger partial charge < -0.3 is 25.8 Å². The molecule has 38 heavy (non-hydrogen) atoms. The third kappa shape index (κ3) is 7.97. The number of hydrogen-bond donors (Lipinski definition) is 5. The quantitative estimate of drug-likeness (QED) is 0.288. The molecule has 2 aromatic rings. The molecule has 0 aliphatic carbocycles. The Bertz CT molecular complexity index is 1230. The van der Waals surface area contributed by atoms with Gasteiger partial charge >= 0.3 is 0 Å². The van der Waals surface area contributed by atoms with Crippen molar-refractivity contribution < 1.29 is 32.2 Å². The Morgan fingerprint density at radius 2 is 1.82 bits per heavy atom. The molecular formula is C26H35FN4O6S. The molecule has 0 bridgehead atoms. The molecule has 1 aliphatic rings. The van der Waals surface area contributed by atoms with Gasteiger partial charge in [0.25, 0.3) is 5.91 Å². The molecule has 3 rings (SSSR count). The summed E-state index contributed by atoms with van der Waals surface area (Å²) in [4.78, 5) is 26.0. The van der Waals surface area contributed by atoms with Crippen LogP contribution in [0.25, 0.3) is 0 Å². The molecule has 0 spiro atoms. The molecule has 1 aliphatic heterocycles. The number of hydrogen-bond acceptors (Lipinski definition) is 7. The summed E-state index contributed by atoms with van der Waals surface area (Å²) in [5, 5.41) is 18.2. The maximum atomic E-state index is 13.3. The van der Waals surface area contributed by atoms with Gasteiger partial charge in [0.15, 0.2) is 0 Å². The molecule has 5 N–H and O–H groups in total. The van der Waals surface area contributed by atoms with Crippen LogP contribution in [0, 0.1) is 11.7 Å². The molecule has 10 nitrogen and oxygen atoms in total. The number of aliphatic hydroxyl groups excluding tert-OH is 1. The van der Waals surface area contributed by atoms with Crippen LogP contribution < -0.4 is 25.4 Å². The number of amides is 2. The predicted octanol–water partition coefficient (Wildman–Crippen LogP) is 2.01. The average molecular weight is 551 g/mol. The minimum absolute atomic E-state index is 0.00528. The number of carbonyl (C=O) groups excluding carboxylic acids is 2. The maximum Gasteiger partial charge on any atom is 0.251 e. The average Bonchev–Trinajstić information content (AvgIpc) is 2.88. The van der Waals surface area contributed by atoms with E-state index in [-0.39, 0.29) is 27.8 Å². The lowest BCUT2D eigenvalue weighted by atomic mass is 9.90. The van der Waals surface area contributed by atoms with Gasteiger partial charge in [-0.15, -0.1) is 0 Å². The zero-order valence-electron chi connectivity index (χ0n) is 21.7. The minimum atomic E-state index is -4.04. The third-order valence-corrected chi connectivity index (χ3v) is 8.02. The smallest absolute Gasteiger partial charge is 0.251 e. The van der Waals surface area contributed by atoms with Gasteiger partial charge in [-0.1, -0.05) is 0 Å². The van der Waals surface area contributed by atoms with E-state index in [2.05, 4.69) is 20.7 Å². The molecule has 2 amide bonds. The highest BCUT2D eigenvalue weighted by atomic mass is 32.2. The van der Waals surface area contributed by atoms with E-state index in [0.29, 0.717) is 6.42 Å². The van der Waals surface area contributed by atoms with Crippen LogP contribution in [0.3, 0.4) is 0 Å². The number of methoxy groups -OCH3 is 1. The first kappa shape index (κ1) is 29.5. The zero-order valence-corrected chi connectivity index (χ0v) is 22.5. The van der Waals surface area contributed by atoms with Crippen molar-refractivity contribution in [3.63, 3.8) is 0 Å². The van der Waals surface area contributed by atoms with Gasteiger partial charge in [-0.25, -0.2) is 17.5 Å². The van der Waals surface area contributed by atoms with Gasteiger partial charge in [0.2, 0.25) is 15.9 Å². The summed E-state index contributed by atoms with van der Waals surface area (Å²) in [6, 6.07) is 8.26. The van der Waals surface area contributed by atoms with E-state index in [1.165, 1.54) is 63.4 Å². The van der Waals surface area contributed by atoms with Gasteiger partial charge in [0.1, 0.15) is 22.5 Å². The Morgan fingerprint density at radius 3 is 2.42 bits per heavy atom. The highest BCUT2D eigenvalue weighted by molar-refractivity contribution is 7.89. The number of piperidine rings is 1. The van der Waals surface area contributed by atoms with Crippen molar-refractivity contribution in [1.29, 1.82) is 0 Å². The van der Waals surface area contributed by atoms with Crippen molar-refractivity contribution in [2.75, 3.05) is 32.1 Å². The molecule has 0 radical (unpaired) electrons. The standard InChI is InChI=1S/C26H35FN4O6S/c1-26(2,16-32)31-38(35,36)23-9-8-20(15-22(23)37-3)29-25(34)21(14-17-10-12-28-13-11-17)30-24(33)18-4-6-19(27)7-5-18/h4-9,15,17,21,28,31-32H,10-14,16H2,1-3H3,(H,29,34)(H,30,33)/t21-/m0/s1. The lowest BCUT2D eigenvalue weighted by Gasteiger charge is -2.27. The second-order valence-corrected chi connectivity index (χ2v) is 11.6. The number of ether oxygens (including phenoxy) is 1. The topological polar surface area (TPSA) is 146 Å². The van der Waals surface area contributed by atoms with Crippen molar-refractivity contribution in [2.45, 2.75) is 49.6 Å². The molecule has 0 saturated carbocycles. The van der Waals surface area contributed by atoms with E-state index >= 15 is 0 Å². The highest BCUT2D eigenvalue weighted by Gasteiger charge is 2.29. The van der Waals surface area contributed by atoms with Crippen LogP contribution in [-0.4, -0.2) is 63.7 Å². The van der Waals surface area contributed by atoms with Gasteiger partial charge in [-0.3, -0.25) is 9.59 Å². The number of halogens is 1. The number of aliphatic hydroxyl groups is 1. The van der Waals surface area contributed by atoms with Gasteiger partial charge in [-0.2, -0.15) is 0 Å². The van der Waals surface area contributed by atoms with Crippen molar-refractivity contribution >= 4 is 27.5 Å². The van der Waals surface area contributed by atoms with E-state index in [4.69, 9.17) is 4.74 Å². The first-order valence-electron chi connectivity index (χ1n) is 12.3. The Labute approximate surface area is 222 Å². The van der Waals surface area contributed by atoms with E-state index in [9.17, 15) is 27.5 Å². The predicted molar refractivity (Wildman–Crippen MR) is 141 cm³/mol. The first-order chi connectivity index (χ1) is 17.9. The van der Waals surface area contributed by atoms with E-state index in [0.717, 1.165) is 25.9 Å². The number of nitrogens with one attached hydrogen (secondary N) is 4. The van der Waals surface area contributed by atoms with Crippen molar-refractivity contribution in [3.8, 4) is 5.75 Å². The summed E-state index contributed by atoms with van der Waals surface area (Å²) in [7, 11) is -2.73. The van der Waals surface area contributed by atoms with E-state index < -0.39 is 45.8 Å². The van der Waals surface area contributed by atoms with E-state index in [1.54, 1.807) is 0 Å². The van der Waals surface area contributed by atoms with Crippen LogP contribution in [0.2, 0.25) is 0 Å². The first-order valence-corrected chi connectivity index (χ1v) is 13.8. The number of sulfonamides is 1. The third-order valence-electron chi connectivity index (χ3n) is 6.28. The lowest BCUT2D eigenvalue weighted by Crippen LogP contribution is -2.46. The largest absolute Gasteiger partial charge is 0.495 e. The molecule has 1 saturated heterocycles. The van der Waals surface area contributed by atoms with E-state index in [1.807, 2.05) is 0 Å². The fourth-order valence-electron chi connectivity index (χ4n) is 4.17. The van der Waals surface area contributed by atoms with Crippen LogP contribution >= 0.6 is 0 Å². The van der Waals surface area contributed by atoms with Crippen molar-refractivity contribution in [3.05, 3.63) is 53.8 Å². The number of rotatable bonds is 11. The normalized spacial score (nSPS) is 15.5. The molecule has 12 heteroatoms. The monoisotopic (exact) mass is 550 g/mol. The van der Waals surface area contributed by atoms with Crippen molar-refractivity contribution in [1.82, 2.24) is 15.4 Å². The Balaban J connectivity index is 1.80. The van der Waals surface area contributed by atoms with Crippen molar-refractivity contribution in [2.24, 2.45) is 5.92 Å². The fraction of sp³-hybridized carbons (Fsp3) is 0.462. The van der Waals surface area contributed by atoms with Gasteiger partial charge in [0, 0.05) is 17.3 Å². The summed E-state index contributed by atoms with van der Waals surface area (Å²) in [6.45, 7) is 4.30. The highest BCUT2D eigenvalue weighted by Crippen LogP contribution is 2.29. The maximum absolute atomic E-state index is 13.3. The van der Waals surface area contributed by atoms with Gasteiger partial charge in [-0.05, 0) is 88.5 Å². The summed E-state index contributed by atoms with van der Waals surface area (Å²) in [6.07, 6.45) is 2.12. The molecule has 1 heterocycles. The summed E-state index contributed by atoms with van der Waals surface area (Å²) in [5.74, 6) is -1.25. The van der Waals surface area contributed by atoms with Crippen LogP contribution in [0.1, 0.15) is 43.5 Å². The van der Waals surface area contributed by atoms with Crippen LogP contribution in [0.15, 0.2) is 47.4 Å². The Kier molecular flexibility index (Phi) is 9.82. The minimum Gasteiger partial charge on any atom is -0.495 e. The molecular weight excluding hydrogens is 515 g/mol. The number of benzene rings is 2. The Hall–Kier alpha value is -3.06. The van der Waals surface area contributed by atoms with Crippen LogP contribution in [0.5, 0.6) is 5.75 Å². The second kappa shape index (κ2) is 12.7. The lowest BCUT2D eigenvalue weighted by molar-refractivity contribution is -0.118. The summed E-state index contributed by atoms with van der Waals surface area (Å²) >= 11 is 0. The Morgan fingerprint density at radius 1 is 1.16 bits per heavy atom. The molecule has 0 unspecified atom stereocenters. The molecule has 1 fully saturated rings. The molecule has 1 atom stereocenters. The number of anilines is 1. The van der Waals surface area contributed by atoms with Gasteiger partial charge in [0.05, 0.1) is 19.3 Å². The molecule has 208 valence electrons. The second-order valence-electron chi connectivity index (χ2n) is 9.96. The SMILES string of the molecule is COc1cc(NC(=O)[C@H](CC2CCNCC2)NC(=O)c2ccc(F)cc2)ccc1S(=O)(=O)NC(C)(C)CO.